The topological polar surface area (TPSA) is 44.8 Å². The number of likely N-dealkylation sites (tertiary alicyclic amines) is 1. The van der Waals surface area contributed by atoms with Crippen LogP contribution in [0.4, 0.5) is 11.4 Å². The van der Waals surface area contributed by atoms with Crippen molar-refractivity contribution in [2.24, 2.45) is 0 Å². The summed E-state index contributed by atoms with van der Waals surface area (Å²) >= 11 is 0. The summed E-state index contributed by atoms with van der Waals surface area (Å²) in [4.78, 5) is 17.2. The van der Waals surface area contributed by atoms with Crippen LogP contribution in [0.15, 0.2) is 54.6 Å². The molecule has 0 bridgehead atoms. The van der Waals surface area contributed by atoms with Crippen LogP contribution in [-0.4, -0.2) is 56.2 Å². The number of hydrogen-bond acceptors (Lipinski definition) is 4. The van der Waals surface area contributed by atoms with Gasteiger partial charge in [-0.2, -0.15) is 0 Å². The van der Waals surface area contributed by atoms with E-state index in [2.05, 4.69) is 51.5 Å². The van der Waals surface area contributed by atoms with Crippen molar-refractivity contribution in [2.45, 2.75) is 25.3 Å². The van der Waals surface area contributed by atoms with Gasteiger partial charge in [0.05, 0.1) is 19.8 Å². The average molecular weight is 380 g/mol. The van der Waals surface area contributed by atoms with Crippen LogP contribution in [0.5, 0.6) is 0 Å². The number of rotatable bonds is 6. The minimum Gasteiger partial charge on any atom is -0.378 e. The maximum Gasteiger partial charge on any atom is 0.238 e. The van der Waals surface area contributed by atoms with E-state index in [1.165, 1.54) is 17.7 Å². The maximum atomic E-state index is 12.6. The molecular weight excluding hydrogens is 350 g/mol. The van der Waals surface area contributed by atoms with Crippen LogP contribution in [0.25, 0.3) is 0 Å². The second-order valence-electron chi connectivity index (χ2n) is 7.65. The first-order chi connectivity index (χ1) is 13.8. The van der Waals surface area contributed by atoms with Crippen LogP contribution in [0.2, 0.25) is 0 Å². The van der Waals surface area contributed by atoms with E-state index in [1.54, 1.807) is 0 Å². The summed E-state index contributed by atoms with van der Waals surface area (Å²) in [6.07, 6.45) is 3.35. The van der Waals surface area contributed by atoms with Crippen LogP contribution in [-0.2, 0) is 16.0 Å². The van der Waals surface area contributed by atoms with Crippen LogP contribution >= 0.6 is 0 Å². The van der Waals surface area contributed by atoms with Gasteiger partial charge in [-0.05, 0) is 55.6 Å². The number of hydrogen-bond donors (Lipinski definition) is 1. The minimum atomic E-state index is 0.0686. The molecule has 4 rings (SSSR count). The molecule has 0 unspecified atom stereocenters. The Morgan fingerprint density at radius 2 is 1.75 bits per heavy atom. The van der Waals surface area contributed by atoms with Crippen LogP contribution in [0.1, 0.15) is 18.4 Å². The van der Waals surface area contributed by atoms with Crippen molar-refractivity contribution in [3.63, 3.8) is 0 Å². The monoisotopic (exact) mass is 379 g/mol. The molecule has 28 heavy (non-hydrogen) atoms. The zero-order chi connectivity index (χ0) is 19.2. The molecular formula is C23H29N3O2. The van der Waals surface area contributed by atoms with Gasteiger partial charge < -0.3 is 15.0 Å². The van der Waals surface area contributed by atoms with Gasteiger partial charge in [0.25, 0.3) is 0 Å². The summed E-state index contributed by atoms with van der Waals surface area (Å²) < 4.78 is 5.40. The van der Waals surface area contributed by atoms with E-state index >= 15 is 0 Å². The fourth-order valence-corrected chi connectivity index (χ4v) is 4.18. The fraction of sp³-hybridized carbons (Fsp3) is 0.435. The Labute approximate surface area is 167 Å². The summed E-state index contributed by atoms with van der Waals surface area (Å²) in [7, 11) is 0. The number of amides is 1. The zero-order valence-electron chi connectivity index (χ0n) is 16.3. The molecule has 2 aromatic rings. The van der Waals surface area contributed by atoms with Crippen molar-refractivity contribution in [2.75, 3.05) is 49.6 Å². The summed E-state index contributed by atoms with van der Waals surface area (Å²) in [6, 6.07) is 19.2. The molecule has 2 aromatic carbocycles. The fourth-order valence-electron chi connectivity index (χ4n) is 4.18. The lowest BCUT2D eigenvalue weighted by molar-refractivity contribution is -0.117. The molecule has 2 heterocycles. The predicted molar refractivity (Wildman–Crippen MR) is 113 cm³/mol. The van der Waals surface area contributed by atoms with Crippen molar-refractivity contribution in [1.29, 1.82) is 0 Å². The molecule has 1 amide bonds. The van der Waals surface area contributed by atoms with E-state index in [0.717, 1.165) is 51.4 Å². The maximum absolute atomic E-state index is 12.6. The molecule has 148 valence electrons. The highest BCUT2D eigenvalue weighted by Gasteiger charge is 2.26. The average Bonchev–Trinajstić information content (AvgIpc) is 3.16. The van der Waals surface area contributed by atoms with Crippen molar-refractivity contribution in [1.82, 2.24) is 4.90 Å². The third kappa shape index (κ3) is 4.91. The lowest BCUT2D eigenvalue weighted by Crippen LogP contribution is -2.38. The smallest absolute Gasteiger partial charge is 0.238 e. The Bertz CT molecular complexity index is 757. The van der Waals surface area contributed by atoms with E-state index in [1.807, 2.05) is 18.2 Å². The van der Waals surface area contributed by atoms with Crippen LogP contribution in [0.3, 0.4) is 0 Å². The molecule has 0 aliphatic carbocycles. The number of anilines is 2. The zero-order valence-corrected chi connectivity index (χ0v) is 16.3. The summed E-state index contributed by atoms with van der Waals surface area (Å²) in [5.41, 5.74) is 3.39. The molecule has 0 saturated carbocycles. The summed E-state index contributed by atoms with van der Waals surface area (Å²) in [5, 5.41) is 3.06. The van der Waals surface area contributed by atoms with Gasteiger partial charge in [0.15, 0.2) is 0 Å². The normalized spacial score (nSPS) is 20.3. The Morgan fingerprint density at radius 1 is 1.00 bits per heavy atom. The van der Waals surface area contributed by atoms with E-state index in [-0.39, 0.29) is 5.91 Å². The largest absolute Gasteiger partial charge is 0.378 e. The molecule has 2 aliphatic rings. The lowest BCUT2D eigenvalue weighted by atomic mass is 10.0. The third-order valence-electron chi connectivity index (χ3n) is 5.69. The summed E-state index contributed by atoms with van der Waals surface area (Å²) in [5.74, 6) is 0.0686. The number of nitrogens with one attached hydrogen (secondary N) is 1. The van der Waals surface area contributed by atoms with Gasteiger partial charge >= 0.3 is 0 Å². The van der Waals surface area contributed by atoms with Crippen molar-refractivity contribution in [3.05, 3.63) is 60.2 Å². The number of benzene rings is 2. The molecule has 0 aromatic heterocycles. The van der Waals surface area contributed by atoms with Gasteiger partial charge in [0, 0.05) is 30.5 Å². The van der Waals surface area contributed by atoms with Gasteiger partial charge in [0.2, 0.25) is 5.91 Å². The quantitative estimate of drug-likeness (QED) is 0.837. The lowest BCUT2D eigenvalue weighted by Gasteiger charge is -2.29. The number of morpholine rings is 1. The third-order valence-corrected chi connectivity index (χ3v) is 5.69. The van der Waals surface area contributed by atoms with Gasteiger partial charge in [0.1, 0.15) is 0 Å². The van der Waals surface area contributed by atoms with E-state index < -0.39 is 0 Å². The van der Waals surface area contributed by atoms with Crippen molar-refractivity contribution in [3.8, 4) is 0 Å². The van der Waals surface area contributed by atoms with Crippen molar-refractivity contribution >= 4 is 17.3 Å². The number of carbonyl (C=O) groups excluding carboxylic acids is 1. The molecule has 5 heteroatoms. The van der Waals surface area contributed by atoms with E-state index in [9.17, 15) is 4.79 Å². The second kappa shape index (κ2) is 9.22. The highest BCUT2D eigenvalue weighted by Crippen LogP contribution is 2.22. The number of ether oxygens (including phenoxy) is 1. The molecule has 5 nitrogen and oxygen atoms in total. The van der Waals surface area contributed by atoms with Crippen LogP contribution in [0, 0.1) is 0 Å². The standard InChI is InChI=1S/C23H29N3O2/c27-23(18-26-12-4-7-22(26)17-19-5-2-1-3-6-19)24-20-8-10-21(11-9-20)25-13-15-28-16-14-25/h1-3,5-6,8-11,22H,4,7,12-18H2,(H,24,27)/t22-/m0/s1. The summed E-state index contributed by atoms with van der Waals surface area (Å²) in [6.45, 7) is 4.85. The molecule has 0 radical (unpaired) electrons. The second-order valence-corrected chi connectivity index (χ2v) is 7.65. The van der Waals surface area contributed by atoms with E-state index in [4.69, 9.17) is 4.74 Å². The highest BCUT2D eigenvalue weighted by atomic mass is 16.5. The first-order valence-corrected chi connectivity index (χ1v) is 10.3. The van der Waals surface area contributed by atoms with Crippen LogP contribution < -0.4 is 10.2 Å². The van der Waals surface area contributed by atoms with Crippen molar-refractivity contribution < 1.29 is 9.53 Å². The Balaban J connectivity index is 1.29. The number of carbonyl (C=O) groups is 1. The van der Waals surface area contributed by atoms with Gasteiger partial charge in [-0.3, -0.25) is 9.69 Å². The molecule has 1 N–H and O–H groups in total. The SMILES string of the molecule is O=C(CN1CCC[C@H]1Cc1ccccc1)Nc1ccc(N2CCOCC2)cc1. The minimum absolute atomic E-state index is 0.0686. The van der Waals surface area contributed by atoms with Gasteiger partial charge in [-0.1, -0.05) is 30.3 Å². The van der Waals surface area contributed by atoms with Gasteiger partial charge in [-0.15, -0.1) is 0 Å². The molecule has 2 fully saturated rings. The first kappa shape index (κ1) is 19.0. The highest BCUT2D eigenvalue weighted by molar-refractivity contribution is 5.92. The molecule has 2 aliphatic heterocycles. The predicted octanol–water partition coefficient (Wildman–Crippen LogP) is 3.17. The molecule has 1 atom stereocenters. The Hall–Kier alpha value is -2.37. The van der Waals surface area contributed by atoms with E-state index in [0.29, 0.717) is 12.6 Å². The Kier molecular flexibility index (Phi) is 6.24. The van der Waals surface area contributed by atoms with Gasteiger partial charge in [-0.25, -0.2) is 0 Å². The first-order valence-electron chi connectivity index (χ1n) is 10.3. The Morgan fingerprint density at radius 3 is 2.50 bits per heavy atom. The number of nitrogens with zero attached hydrogens (tertiary/aromatic N) is 2. The molecule has 0 spiro atoms. The molecule has 2 saturated heterocycles.